The van der Waals surface area contributed by atoms with Crippen LogP contribution >= 0.6 is 0 Å². The summed E-state index contributed by atoms with van der Waals surface area (Å²) >= 11 is 0. The number of nitrogens with zero attached hydrogens (tertiary/aromatic N) is 3. The van der Waals surface area contributed by atoms with Crippen molar-refractivity contribution in [2.24, 2.45) is 5.10 Å². The van der Waals surface area contributed by atoms with Crippen LogP contribution in [0.1, 0.15) is 15.9 Å². The van der Waals surface area contributed by atoms with Crippen molar-refractivity contribution >= 4 is 34.5 Å². The lowest BCUT2D eigenvalue weighted by molar-refractivity contribution is 0.102. The normalized spacial score (nSPS) is 10.9. The molecule has 2 aromatic carbocycles. The molecule has 0 saturated heterocycles. The maximum atomic E-state index is 12.9. The first-order chi connectivity index (χ1) is 13.8. The zero-order chi connectivity index (χ0) is 19.2. The van der Waals surface area contributed by atoms with Crippen LogP contribution in [0.2, 0.25) is 0 Å². The van der Waals surface area contributed by atoms with Crippen molar-refractivity contribution in [3.8, 4) is 0 Å². The van der Waals surface area contributed by atoms with E-state index in [0.717, 1.165) is 16.6 Å². The molecule has 0 aliphatic rings. The molecule has 0 fully saturated rings. The van der Waals surface area contributed by atoms with E-state index in [2.05, 4.69) is 25.8 Å². The van der Waals surface area contributed by atoms with Gasteiger partial charge in [0, 0.05) is 29.0 Å². The molecule has 2 aromatic heterocycles. The molecular formula is C22H17N5O. The molecule has 6 nitrogen and oxygen atoms in total. The van der Waals surface area contributed by atoms with Crippen LogP contribution in [0.4, 0.5) is 11.5 Å². The molecule has 0 aliphatic carbocycles. The second kappa shape index (κ2) is 8.09. The van der Waals surface area contributed by atoms with Crippen LogP contribution in [0.25, 0.3) is 10.9 Å². The number of fused-ring (bicyclic) bond motifs is 1. The minimum Gasteiger partial charge on any atom is -0.322 e. The molecular weight excluding hydrogens is 350 g/mol. The van der Waals surface area contributed by atoms with Gasteiger partial charge in [-0.3, -0.25) is 15.2 Å². The minimum absolute atomic E-state index is 0.205. The zero-order valence-corrected chi connectivity index (χ0v) is 14.9. The molecule has 0 saturated carbocycles. The highest BCUT2D eigenvalue weighted by molar-refractivity contribution is 6.13. The minimum atomic E-state index is -0.205. The lowest BCUT2D eigenvalue weighted by Gasteiger charge is -2.10. The summed E-state index contributed by atoms with van der Waals surface area (Å²) in [4.78, 5) is 21.4. The third-order valence-corrected chi connectivity index (χ3v) is 4.07. The average Bonchev–Trinajstić information content (AvgIpc) is 2.74. The van der Waals surface area contributed by atoms with E-state index >= 15 is 0 Å². The monoisotopic (exact) mass is 367 g/mol. The van der Waals surface area contributed by atoms with Crippen molar-refractivity contribution < 1.29 is 4.79 Å². The number of nitrogens with one attached hydrogen (secondary N) is 2. The molecule has 6 heteroatoms. The maximum Gasteiger partial charge on any atom is 0.256 e. The number of hydrazone groups is 1. The fourth-order valence-electron chi connectivity index (χ4n) is 2.77. The van der Waals surface area contributed by atoms with E-state index in [9.17, 15) is 4.79 Å². The molecule has 0 atom stereocenters. The lowest BCUT2D eigenvalue weighted by atomic mass is 10.1. The number of pyridine rings is 2. The zero-order valence-electron chi connectivity index (χ0n) is 14.9. The van der Waals surface area contributed by atoms with Gasteiger partial charge in [-0.15, -0.1) is 0 Å². The molecule has 0 spiro atoms. The Balaban J connectivity index is 1.63. The highest BCUT2D eigenvalue weighted by atomic mass is 16.1. The van der Waals surface area contributed by atoms with Crippen LogP contribution in [-0.4, -0.2) is 22.1 Å². The van der Waals surface area contributed by atoms with E-state index < -0.39 is 0 Å². The van der Waals surface area contributed by atoms with Gasteiger partial charge in [-0.1, -0.05) is 42.5 Å². The van der Waals surface area contributed by atoms with E-state index in [1.54, 1.807) is 24.7 Å². The summed E-state index contributed by atoms with van der Waals surface area (Å²) < 4.78 is 0. The van der Waals surface area contributed by atoms with Gasteiger partial charge in [0.05, 0.1) is 17.3 Å². The van der Waals surface area contributed by atoms with Crippen LogP contribution in [0, 0.1) is 0 Å². The summed E-state index contributed by atoms with van der Waals surface area (Å²) in [5, 5.41) is 7.89. The maximum absolute atomic E-state index is 12.9. The van der Waals surface area contributed by atoms with Crippen LogP contribution in [0.15, 0.2) is 90.3 Å². The van der Waals surface area contributed by atoms with E-state index in [1.165, 1.54) is 0 Å². The van der Waals surface area contributed by atoms with Crippen LogP contribution in [0.3, 0.4) is 0 Å². The Morgan fingerprint density at radius 2 is 1.79 bits per heavy atom. The highest BCUT2D eigenvalue weighted by Gasteiger charge is 2.13. The Morgan fingerprint density at radius 3 is 2.61 bits per heavy atom. The van der Waals surface area contributed by atoms with Crippen LogP contribution in [0.5, 0.6) is 0 Å². The summed E-state index contributed by atoms with van der Waals surface area (Å²) in [6.45, 7) is 0. The number of hydrogen-bond acceptors (Lipinski definition) is 5. The van der Waals surface area contributed by atoms with Crippen LogP contribution in [-0.2, 0) is 0 Å². The number of carbonyl (C=O) groups is 1. The SMILES string of the molecule is O=C(Nc1ccccc1)c1cc(N/N=C/c2cccnc2)nc2ccccc12. The fourth-order valence-corrected chi connectivity index (χ4v) is 2.77. The first-order valence-corrected chi connectivity index (χ1v) is 8.75. The summed E-state index contributed by atoms with van der Waals surface area (Å²) in [5.41, 5.74) is 5.72. The Hall–Kier alpha value is -4.06. The number of benzene rings is 2. The van der Waals surface area contributed by atoms with E-state index in [0.29, 0.717) is 16.9 Å². The molecule has 4 rings (SSSR count). The number of para-hydroxylation sites is 2. The predicted octanol–water partition coefficient (Wildman–Crippen LogP) is 4.33. The van der Waals surface area contributed by atoms with Crippen molar-refractivity contribution in [3.05, 3.63) is 96.3 Å². The number of hydrogen-bond donors (Lipinski definition) is 2. The Kier molecular flexibility index (Phi) is 5.02. The molecule has 136 valence electrons. The third-order valence-electron chi connectivity index (χ3n) is 4.07. The number of amides is 1. The van der Waals surface area contributed by atoms with E-state index in [1.807, 2.05) is 66.7 Å². The number of aromatic nitrogens is 2. The molecule has 2 N–H and O–H groups in total. The average molecular weight is 367 g/mol. The topological polar surface area (TPSA) is 79.3 Å². The van der Waals surface area contributed by atoms with Crippen molar-refractivity contribution in [2.45, 2.75) is 0 Å². The predicted molar refractivity (Wildman–Crippen MR) is 112 cm³/mol. The fraction of sp³-hybridized carbons (Fsp3) is 0. The van der Waals surface area contributed by atoms with Gasteiger partial charge in [-0.05, 0) is 30.3 Å². The molecule has 4 aromatic rings. The van der Waals surface area contributed by atoms with Gasteiger partial charge in [-0.2, -0.15) is 5.10 Å². The third kappa shape index (κ3) is 4.02. The molecule has 0 unspecified atom stereocenters. The Morgan fingerprint density at radius 1 is 0.964 bits per heavy atom. The standard InChI is InChI=1S/C22H17N5O/c28-22(25-17-8-2-1-3-9-17)19-13-21(26-20-11-5-4-10-18(19)20)27-24-15-16-7-6-12-23-14-16/h1-15H,(H,25,28)(H,26,27)/b24-15+. The largest absolute Gasteiger partial charge is 0.322 e. The smallest absolute Gasteiger partial charge is 0.256 e. The molecule has 28 heavy (non-hydrogen) atoms. The molecule has 2 heterocycles. The van der Waals surface area contributed by atoms with Gasteiger partial charge in [0.2, 0.25) is 0 Å². The lowest BCUT2D eigenvalue weighted by Crippen LogP contribution is -2.13. The molecule has 0 aliphatic heterocycles. The first kappa shape index (κ1) is 17.4. The van der Waals surface area contributed by atoms with Gasteiger partial charge >= 0.3 is 0 Å². The quantitative estimate of drug-likeness (QED) is 0.406. The number of anilines is 2. The number of carbonyl (C=O) groups excluding carboxylic acids is 1. The van der Waals surface area contributed by atoms with Crippen molar-refractivity contribution in [2.75, 3.05) is 10.7 Å². The van der Waals surface area contributed by atoms with Crippen molar-refractivity contribution in [3.63, 3.8) is 0 Å². The summed E-state index contributed by atoms with van der Waals surface area (Å²) in [7, 11) is 0. The van der Waals surface area contributed by atoms with Gasteiger partial charge in [0.1, 0.15) is 5.82 Å². The second-order valence-corrected chi connectivity index (χ2v) is 6.05. The van der Waals surface area contributed by atoms with Gasteiger partial charge in [0.25, 0.3) is 5.91 Å². The molecule has 0 radical (unpaired) electrons. The Bertz CT molecular complexity index is 1130. The summed E-state index contributed by atoms with van der Waals surface area (Å²) in [6, 6.07) is 22.3. The van der Waals surface area contributed by atoms with Crippen molar-refractivity contribution in [1.29, 1.82) is 0 Å². The summed E-state index contributed by atoms with van der Waals surface area (Å²) in [6.07, 6.45) is 5.05. The molecule has 1 amide bonds. The first-order valence-electron chi connectivity index (χ1n) is 8.75. The second-order valence-electron chi connectivity index (χ2n) is 6.05. The Labute approximate surface area is 162 Å². The van der Waals surface area contributed by atoms with Gasteiger partial charge in [-0.25, -0.2) is 4.98 Å². The number of rotatable bonds is 5. The van der Waals surface area contributed by atoms with Gasteiger partial charge in [0.15, 0.2) is 0 Å². The van der Waals surface area contributed by atoms with E-state index in [4.69, 9.17) is 0 Å². The van der Waals surface area contributed by atoms with Crippen molar-refractivity contribution in [1.82, 2.24) is 9.97 Å². The highest BCUT2D eigenvalue weighted by Crippen LogP contribution is 2.22. The van der Waals surface area contributed by atoms with Crippen LogP contribution < -0.4 is 10.7 Å². The molecule has 0 bridgehead atoms. The van der Waals surface area contributed by atoms with Gasteiger partial charge < -0.3 is 5.32 Å². The van der Waals surface area contributed by atoms with E-state index in [-0.39, 0.29) is 5.91 Å². The summed E-state index contributed by atoms with van der Waals surface area (Å²) in [5.74, 6) is 0.279.